The van der Waals surface area contributed by atoms with Gasteiger partial charge < -0.3 is 9.64 Å². The molecule has 3 aromatic rings. The second-order valence-electron chi connectivity index (χ2n) is 11.2. The number of nitrogens with zero attached hydrogens (tertiary/aromatic N) is 3. The van der Waals surface area contributed by atoms with Crippen molar-refractivity contribution in [1.82, 2.24) is 14.7 Å². The number of rotatable bonds is 8. The topological polar surface area (TPSA) is 70.2 Å². The number of carbonyl (C=O) groups excluding carboxylic acids is 3. The summed E-state index contributed by atoms with van der Waals surface area (Å²) in [6, 6.07) is 20.1. The summed E-state index contributed by atoms with van der Waals surface area (Å²) in [5.41, 5.74) is 4.80. The molecule has 1 saturated carbocycles. The molecule has 41 heavy (non-hydrogen) atoms. The summed E-state index contributed by atoms with van der Waals surface area (Å²) in [5, 5.41) is 0. The molecular formula is C33H34FN3O4. The first-order valence-electron chi connectivity index (χ1n) is 14.3. The van der Waals surface area contributed by atoms with Crippen LogP contribution in [0, 0.1) is 5.82 Å². The molecule has 0 N–H and O–H groups in total. The molecule has 1 saturated heterocycles. The fourth-order valence-corrected chi connectivity index (χ4v) is 6.02. The first-order valence-corrected chi connectivity index (χ1v) is 14.3. The van der Waals surface area contributed by atoms with Crippen LogP contribution in [0.4, 0.5) is 4.39 Å². The maximum absolute atomic E-state index is 13.2. The zero-order chi connectivity index (χ0) is 28.3. The molecule has 212 valence electrons. The van der Waals surface area contributed by atoms with Gasteiger partial charge in [-0.3, -0.25) is 24.2 Å². The predicted octanol–water partition coefficient (Wildman–Crippen LogP) is 4.37. The van der Waals surface area contributed by atoms with Gasteiger partial charge in [0.25, 0.3) is 5.91 Å². The lowest BCUT2D eigenvalue weighted by Crippen LogP contribution is -2.45. The van der Waals surface area contributed by atoms with Crippen molar-refractivity contribution in [3.63, 3.8) is 0 Å². The van der Waals surface area contributed by atoms with Gasteiger partial charge in [0, 0.05) is 56.8 Å². The van der Waals surface area contributed by atoms with Crippen LogP contribution in [0.25, 0.3) is 0 Å². The van der Waals surface area contributed by atoms with Crippen LogP contribution >= 0.6 is 0 Å². The van der Waals surface area contributed by atoms with Gasteiger partial charge in [-0.25, -0.2) is 4.39 Å². The molecule has 0 aromatic heterocycles. The van der Waals surface area contributed by atoms with Crippen LogP contribution in [0.5, 0.6) is 5.75 Å². The molecule has 6 rings (SSSR count). The first-order chi connectivity index (χ1) is 19.9. The molecule has 1 aliphatic carbocycles. The number of Topliss-reactive ketones (excluding diaryl/α,β-unsaturated/α-hetero) is 2. The average molecular weight is 556 g/mol. The molecule has 8 heteroatoms. The van der Waals surface area contributed by atoms with Crippen LogP contribution < -0.4 is 4.74 Å². The van der Waals surface area contributed by atoms with E-state index in [9.17, 15) is 18.8 Å². The maximum Gasteiger partial charge on any atom is 0.255 e. The zero-order valence-corrected chi connectivity index (χ0v) is 23.1. The Hall–Kier alpha value is -3.88. The number of hydrogen-bond donors (Lipinski definition) is 0. The van der Waals surface area contributed by atoms with E-state index in [0.29, 0.717) is 37.3 Å². The highest BCUT2D eigenvalue weighted by atomic mass is 19.1. The second kappa shape index (κ2) is 11.9. The molecule has 1 atom stereocenters. The molecule has 3 aliphatic rings. The molecule has 2 fully saturated rings. The minimum Gasteiger partial charge on any atom is -0.489 e. The summed E-state index contributed by atoms with van der Waals surface area (Å²) in [6.07, 6.45) is 0.646. The van der Waals surface area contributed by atoms with Crippen molar-refractivity contribution in [3.8, 4) is 5.75 Å². The summed E-state index contributed by atoms with van der Waals surface area (Å²) in [4.78, 5) is 43.7. The maximum atomic E-state index is 13.2. The molecular weight excluding hydrogens is 521 g/mol. The lowest BCUT2D eigenvalue weighted by Gasteiger charge is -2.34. The van der Waals surface area contributed by atoms with Gasteiger partial charge in [0.2, 0.25) is 0 Å². The largest absolute Gasteiger partial charge is 0.489 e. The molecule has 1 amide bonds. The van der Waals surface area contributed by atoms with Crippen molar-refractivity contribution in [2.45, 2.75) is 51.5 Å². The summed E-state index contributed by atoms with van der Waals surface area (Å²) in [6.45, 7) is 6.39. The van der Waals surface area contributed by atoms with E-state index in [4.69, 9.17) is 4.74 Å². The highest BCUT2D eigenvalue weighted by Crippen LogP contribution is 2.34. The van der Waals surface area contributed by atoms with Crippen molar-refractivity contribution in [2.24, 2.45) is 0 Å². The number of carbonyl (C=O) groups is 3. The molecule has 2 heterocycles. The number of piperazine rings is 1. The summed E-state index contributed by atoms with van der Waals surface area (Å²) in [7, 11) is 0. The molecule has 2 aliphatic heterocycles. The molecule has 3 aromatic carbocycles. The van der Waals surface area contributed by atoms with Crippen molar-refractivity contribution >= 4 is 17.5 Å². The van der Waals surface area contributed by atoms with Gasteiger partial charge in [-0.2, -0.15) is 0 Å². The molecule has 7 nitrogen and oxygen atoms in total. The Morgan fingerprint density at radius 1 is 0.780 bits per heavy atom. The summed E-state index contributed by atoms with van der Waals surface area (Å²) in [5.74, 6) is 0.0686. The lowest BCUT2D eigenvalue weighted by molar-refractivity contribution is -0.133. The Morgan fingerprint density at radius 3 is 2.02 bits per heavy atom. The Kier molecular flexibility index (Phi) is 7.94. The minimum absolute atomic E-state index is 0.0495. The number of ketones is 2. The van der Waals surface area contributed by atoms with Gasteiger partial charge in [-0.05, 0) is 47.4 Å². The van der Waals surface area contributed by atoms with Crippen LogP contribution in [0.1, 0.15) is 51.9 Å². The molecule has 1 unspecified atom stereocenters. The van der Waals surface area contributed by atoms with Gasteiger partial charge in [0.05, 0.1) is 19.0 Å². The minimum atomic E-state index is -0.536. The van der Waals surface area contributed by atoms with Crippen molar-refractivity contribution in [3.05, 3.63) is 100 Å². The van der Waals surface area contributed by atoms with Crippen molar-refractivity contribution < 1.29 is 23.5 Å². The SMILES string of the molecule is O=C1CCC(N2Cc3c(OCc4ccc(CN5CCN(Cc6ccc(F)cc6)CC5)cc4)cccc3C2=O)C(=O)C1. The second-order valence-corrected chi connectivity index (χ2v) is 11.2. The summed E-state index contributed by atoms with van der Waals surface area (Å²) >= 11 is 0. The van der Waals surface area contributed by atoms with Crippen molar-refractivity contribution in [2.75, 3.05) is 26.2 Å². The number of amides is 1. The Bertz CT molecular complexity index is 1430. The van der Waals surface area contributed by atoms with Crippen LogP contribution in [0.15, 0.2) is 66.7 Å². The van der Waals surface area contributed by atoms with Crippen LogP contribution in [-0.2, 0) is 35.8 Å². The van der Waals surface area contributed by atoms with E-state index in [2.05, 4.69) is 34.1 Å². The Labute approximate surface area is 239 Å². The van der Waals surface area contributed by atoms with E-state index >= 15 is 0 Å². The predicted molar refractivity (Wildman–Crippen MR) is 152 cm³/mol. The first kappa shape index (κ1) is 27.3. The summed E-state index contributed by atoms with van der Waals surface area (Å²) < 4.78 is 19.3. The van der Waals surface area contributed by atoms with E-state index in [1.807, 2.05) is 24.3 Å². The smallest absolute Gasteiger partial charge is 0.255 e. The highest BCUT2D eigenvalue weighted by molar-refractivity contribution is 6.07. The van der Waals surface area contributed by atoms with Crippen LogP contribution in [0.3, 0.4) is 0 Å². The normalized spacial score (nSPS) is 20.0. The van der Waals surface area contributed by atoms with Crippen LogP contribution in [-0.4, -0.2) is 64.4 Å². The number of ether oxygens (including phenoxy) is 1. The average Bonchev–Trinajstić information content (AvgIpc) is 3.31. The Balaban J connectivity index is 1.00. The third kappa shape index (κ3) is 6.24. The van der Waals surface area contributed by atoms with Gasteiger partial charge >= 0.3 is 0 Å². The van der Waals surface area contributed by atoms with Gasteiger partial charge in [-0.15, -0.1) is 0 Å². The number of hydrogen-bond acceptors (Lipinski definition) is 6. The van der Waals surface area contributed by atoms with Gasteiger partial charge in [0.15, 0.2) is 5.78 Å². The van der Waals surface area contributed by atoms with E-state index in [1.165, 1.54) is 17.7 Å². The Morgan fingerprint density at radius 2 is 1.39 bits per heavy atom. The van der Waals surface area contributed by atoms with E-state index in [-0.39, 0.29) is 29.7 Å². The lowest BCUT2D eigenvalue weighted by atomic mass is 9.92. The van der Waals surface area contributed by atoms with E-state index in [1.54, 1.807) is 11.0 Å². The van der Waals surface area contributed by atoms with Crippen molar-refractivity contribution in [1.29, 1.82) is 0 Å². The highest BCUT2D eigenvalue weighted by Gasteiger charge is 2.40. The molecule has 0 spiro atoms. The van der Waals surface area contributed by atoms with Gasteiger partial charge in [-0.1, -0.05) is 42.5 Å². The molecule has 0 bridgehead atoms. The van der Waals surface area contributed by atoms with Crippen LogP contribution in [0.2, 0.25) is 0 Å². The third-order valence-electron chi connectivity index (χ3n) is 8.38. The van der Waals surface area contributed by atoms with E-state index in [0.717, 1.165) is 56.0 Å². The van der Waals surface area contributed by atoms with Gasteiger partial charge in [0.1, 0.15) is 24.0 Å². The molecule has 0 radical (unpaired) electrons. The fraction of sp³-hybridized carbons (Fsp3) is 0.364. The standard InChI is InChI=1S/C33H34FN3O4/c34-26-10-8-24(9-11-26)20-36-16-14-35(15-17-36)19-23-4-6-25(7-5-23)22-41-32-3-1-2-28-29(32)21-37(33(28)40)30-13-12-27(38)18-31(30)39/h1-11,30H,12-22H2. The third-order valence-corrected chi connectivity index (χ3v) is 8.38. The quantitative estimate of drug-likeness (QED) is 0.385. The number of fused-ring (bicyclic) bond motifs is 1. The fourth-order valence-electron chi connectivity index (χ4n) is 6.02. The zero-order valence-electron chi connectivity index (χ0n) is 23.1. The monoisotopic (exact) mass is 555 g/mol. The number of benzene rings is 3. The van der Waals surface area contributed by atoms with E-state index < -0.39 is 6.04 Å². The number of halogens is 1.